The molecule has 2 aromatic carbocycles. The van der Waals surface area contributed by atoms with Gasteiger partial charge in [0.2, 0.25) is 0 Å². The van der Waals surface area contributed by atoms with Crippen LogP contribution in [0.2, 0.25) is 5.02 Å². The Kier molecular flexibility index (Phi) is 4.82. The molecule has 3 heterocycles. The first-order valence-electron chi connectivity index (χ1n) is 9.64. The molecule has 10 heteroatoms. The number of imidazole rings is 1. The number of pyridine rings is 1. The molecule has 0 amide bonds. The second-order valence-corrected chi connectivity index (χ2v) is 7.58. The Morgan fingerprint density at radius 1 is 1.12 bits per heavy atom. The fourth-order valence-corrected chi connectivity index (χ4v) is 3.96. The number of nitrogens with one attached hydrogen (secondary N) is 2. The zero-order valence-corrected chi connectivity index (χ0v) is 17.4. The van der Waals surface area contributed by atoms with Crippen LogP contribution in [0.3, 0.4) is 0 Å². The standard InChI is InChI=1S/C22H15ClF2N6O/c1-11(30-21-19-20(27-9-26-19)28-10-29-21)16-7-12-5-6-15(25)18(23)17(12)22(32)31(16)14-4-2-3-13(24)8-14/h2-11H,1H3,(H2,26,27,28,29,30)/t11-/m0/s1. The minimum absolute atomic E-state index is 0.0172. The Balaban J connectivity index is 1.74. The van der Waals surface area contributed by atoms with Gasteiger partial charge in [-0.2, -0.15) is 0 Å². The minimum atomic E-state index is -0.706. The number of benzene rings is 2. The van der Waals surface area contributed by atoms with Gasteiger partial charge in [0.1, 0.15) is 23.5 Å². The van der Waals surface area contributed by atoms with Crippen molar-refractivity contribution in [1.82, 2.24) is 24.5 Å². The van der Waals surface area contributed by atoms with Crippen molar-refractivity contribution in [3.8, 4) is 5.69 Å². The minimum Gasteiger partial charge on any atom is -0.360 e. The van der Waals surface area contributed by atoms with Crippen molar-refractivity contribution in [1.29, 1.82) is 0 Å². The van der Waals surface area contributed by atoms with E-state index in [1.165, 1.54) is 47.6 Å². The third-order valence-electron chi connectivity index (χ3n) is 5.19. The Morgan fingerprint density at radius 2 is 1.97 bits per heavy atom. The van der Waals surface area contributed by atoms with Crippen LogP contribution in [0.15, 0.2) is 59.9 Å². The number of aromatic nitrogens is 5. The van der Waals surface area contributed by atoms with Crippen molar-refractivity contribution < 1.29 is 8.78 Å². The summed E-state index contributed by atoms with van der Waals surface area (Å²) in [6, 6.07) is 9.52. The molecule has 2 N–H and O–H groups in total. The van der Waals surface area contributed by atoms with Gasteiger partial charge in [-0.05, 0) is 42.6 Å². The number of aromatic amines is 1. The van der Waals surface area contributed by atoms with Crippen LogP contribution >= 0.6 is 11.6 Å². The number of nitrogens with zero attached hydrogens (tertiary/aromatic N) is 4. The molecule has 0 aliphatic rings. The molecule has 5 aromatic rings. The van der Waals surface area contributed by atoms with Crippen LogP contribution in [0.5, 0.6) is 0 Å². The number of H-pyrrole nitrogens is 1. The molecule has 0 aliphatic carbocycles. The molecule has 0 saturated heterocycles. The third kappa shape index (κ3) is 3.27. The Labute approximate surface area is 184 Å². The van der Waals surface area contributed by atoms with E-state index >= 15 is 0 Å². The SMILES string of the molecule is C[C@H](Nc1ncnc2[nH]cnc12)c1cc2ccc(F)c(Cl)c2c(=O)n1-c1cccc(F)c1. The highest BCUT2D eigenvalue weighted by Gasteiger charge is 2.20. The molecule has 0 fully saturated rings. The number of rotatable bonds is 4. The van der Waals surface area contributed by atoms with Crippen LogP contribution in [-0.4, -0.2) is 24.5 Å². The second kappa shape index (κ2) is 7.69. The second-order valence-electron chi connectivity index (χ2n) is 7.20. The maximum absolute atomic E-state index is 14.1. The van der Waals surface area contributed by atoms with E-state index in [1.807, 2.05) is 6.92 Å². The largest absolute Gasteiger partial charge is 0.360 e. The molecule has 5 rings (SSSR count). The molecular formula is C22H15ClF2N6O. The van der Waals surface area contributed by atoms with Crippen LogP contribution in [0.1, 0.15) is 18.7 Å². The van der Waals surface area contributed by atoms with Gasteiger partial charge in [-0.1, -0.05) is 23.7 Å². The van der Waals surface area contributed by atoms with E-state index < -0.39 is 23.2 Å². The number of hydrogen-bond donors (Lipinski definition) is 2. The molecular weight excluding hydrogens is 438 g/mol. The lowest BCUT2D eigenvalue weighted by molar-refractivity contribution is 0.625. The summed E-state index contributed by atoms with van der Waals surface area (Å²) >= 11 is 6.13. The van der Waals surface area contributed by atoms with Crippen LogP contribution < -0.4 is 10.9 Å². The van der Waals surface area contributed by atoms with E-state index in [9.17, 15) is 13.6 Å². The number of hydrogen-bond acceptors (Lipinski definition) is 5. The van der Waals surface area contributed by atoms with Gasteiger partial charge in [0.05, 0.1) is 28.5 Å². The predicted octanol–water partition coefficient (Wildman–Crippen LogP) is 4.76. The first-order chi connectivity index (χ1) is 15.4. The van der Waals surface area contributed by atoms with Gasteiger partial charge < -0.3 is 10.3 Å². The number of anilines is 1. The highest BCUT2D eigenvalue weighted by Crippen LogP contribution is 2.29. The lowest BCUT2D eigenvalue weighted by atomic mass is 10.1. The maximum Gasteiger partial charge on any atom is 0.264 e. The van der Waals surface area contributed by atoms with E-state index in [1.54, 1.807) is 12.1 Å². The normalized spacial score (nSPS) is 12.4. The first kappa shape index (κ1) is 20.1. The lowest BCUT2D eigenvalue weighted by Crippen LogP contribution is -2.26. The zero-order chi connectivity index (χ0) is 22.4. The topological polar surface area (TPSA) is 88.5 Å². The molecule has 3 aromatic heterocycles. The highest BCUT2D eigenvalue weighted by atomic mass is 35.5. The molecule has 0 saturated carbocycles. The molecule has 0 aliphatic heterocycles. The number of fused-ring (bicyclic) bond motifs is 2. The van der Waals surface area contributed by atoms with Crippen LogP contribution in [0, 0.1) is 11.6 Å². The van der Waals surface area contributed by atoms with E-state index in [4.69, 9.17) is 11.6 Å². The Morgan fingerprint density at radius 3 is 2.78 bits per heavy atom. The molecule has 0 spiro atoms. The summed E-state index contributed by atoms with van der Waals surface area (Å²) in [5, 5.41) is 3.44. The van der Waals surface area contributed by atoms with Gasteiger partial charge >= 0.3 is 0 Å². The Bertz CT molecular complexity index is 1550. The van der Waals surface area contributed by atoms with E-state index in [0.29, 0.717) is 28.1 Å². The van der Waals surface area contributed by atoms with Gasteiger partial charge in [-0.25, -0.2) is 23.7 Å². The summed E-state index contributed by atoms with van der Waals surface area (Å²) in [5.74, 6) is -0.762. The van der Waals surface area contributed by atoms with Crippen LogP contribution in [0.4, 0.5) is 14.6 Å². The van der Waals surface area contributed by atoms with Gasteiger partial charge in [0.15, 0.2) is 11.5 Å². The number of halogens is 3. The van der Waals surface area contributed by atoms with Gasteiger partial charge in [-0.3, -0.25) is 9.36 Å². The fraction of sp³-hybridized carbons (Fsp3) is 0.0909. The quantitative estimate of drug-likeness (QED) is 0.410. The molecule has 0 unspecified atom stereocenters. The van der Waals surface area contributed by atoms with Crippen LogP contribution in [-0.2, 0) is 0 Å². The van der Waals surface area contributed by atoms with E-state index in [-0.39, 0.29) is 16.1 Å². The zero-order valence-electron chi connectivity index (χ0n) is 16.6. The lowest BCUT2D eigenvalue weighted by Gasteiger charge is -2.21. The predicted molar refractivity (Wildman–Crippen MR) is 118 cm³/mol. The van der Waals surface area contributed by atoms with Gasteiger partial charge in [0, 0.05) is 5.69 Å². The molecule has 0 bridgehead atoms. The first-order valence-corrected chi connectivity index (χ1v) is 10.0. The third-order valence-corrected chi connectivity index (χ3v) is 5.56. The molecule has 7 nitrogen and oxygen atoms in total. The smallest absolute Gasteiger partial charge is 0.264 e. The van der Waals surface area contributed by atoms with Crippen molar-refractivity contribution in [2.45, 2.75) is 13.0 Å². The summed E-state index contributed by atoms with van der Waals surface area (Å²) < 4.78 is 29.4. The maximum atomic E-state index is 14.1. The average Bonchev–Trinajstić information content (AvgIpc) is 3.26. The summed E-state index contributed by atoms with van der Waals surface area (Å²) in [5.41, 5.74) is 1.31. The summed E-state index contributed by atoms with van der Waals surface area (Å²) in [7, 11) is 0. The molecule has 160 valence electrons. The van der Waals surface area contributed by atoms with Crippen molar-refractivity contribution in [3.63, 3.8) is 0 Å². The van der Waals surface area contributed by atoms with Crippen LogP contribution in [0.25, 0.3) is 27.6 Å². The average molecular weight is 453 g/mol. The molecule has 1 atom stereocenters. The molecule has 32 heavy (non-hydrogen) atoms. The van der Waals surface area contributed by atoms with Gasteiger partial charge in [-0.15, -0.1) is 0 Å². The molecule has 0 radical (unpaired) electrons. The van der Waals surface area contributed by atoms with Crippen molar-refractivity contribution in [2.24, 2.45) is 0 Å². The Hall–Kier alpha value is -3.85. The summed E-state index contributed by atoms with van der Waals surface area (Å²) in [4.78, 5) is 29.0. The monoisotopic (exact) mass is 452 g/mol. The van der Waals surface area contributed by atoms with Crippen molar-refractivity contribution >= 4 is 39.4 Å². The van der Waals surface area contributed by atoms with Gasteiger partial charge in [0.25, 0.3) is 5.56 Å². The van der Waals surface area contributed by atoms with Crippen molar-refractivity contribution in [3.05, 3.63) is 87.8 Å². The fourth-order valence-electron chi connectivity index (χ4n) is 3.71. The summed E-state index contributed by atoms with van der Waals surface area (Å²) in [6.07, 6.45) is 2.89. The van der Waals surface area contributed by atoms with Crippen molar-refractivity contribution in [2.75, 3.05) is 5.32 Å². The summed E-state index contributed by atoms with van der Waals surface area (Å²) in [6.45, 7) is 1.82. The van der Waals surface area contributed by atoms with E-state index in [0.717, 1.165) is 0 Å². The highest BCUT2D eigenvalue weighted by molar-refractivity contribution is 6.35. The van der Waals surface area contributed by atoms with E-state index in [2.05, 4.69) is 25.3 Å².